The first-order valence-corrected chi connectivity index (χ1v) is 7.94. The molecule has 1 saturated heterocycles. The molecule has 110 valence electrons. The van der Waals surface area contributed by atoms with Gasteiger partial charge in [-0.15, -0.1) is 0 Å². The third-order valence-corrected chi connectivity index (χ3v) is 4.63. The predicted octanol–water partition coefficient (Wildman–Crippen LogP) is 4.32. The Bertz CT molecular complexity index is 593. The summed E-state index contributed by atoms with van der Waals surface area (Å²) >= 11 is 12.1. The maximum atomic E-state index is 6.10. The third kappa shape index (κ3) is 3.70. The van der Waals surface area contributed by atoms with Crippen molar-refractivity contribution in [3.8, 4) is 0 Å². The standard InChI is InChI=1S/C17H18Cl2N2/c18-16-7-6-15(12-17(16)19)21-10-8-20(9-11-21)13-14-4-2-1-3-5-14/h1-7,12H,8-11,13H2. The fraction of sp³-hybridized carbons (Fsp3) is 0.294. The summed E-state index contributed by atoms with van der Waals surface area (Å²) in [5.41, 5.74) is 2.53. The Morgan fingerprint density at radius 1 is 0.810 bits per heavy atom. The topological polar surface area (TPSA) is 6.48 Å². The van der Waals surface area contributed by atoms with Gasteiger partial charge in [-0.2, -0.15) is 0 Å². The van der Waals surface area contributed by atoms with Gasteiger partial charge in [-0.05, 0) is 23.8 Å². The number of halogens is 2. The summed E-state index contributed by atoms with van der Waals surface area (Å²) in [6, 6.07) is 16.5. The molecule has 2 nitrogen and oxygen atoms in total. The maximum absolute atomic E-state index is 6.10. The van der Waals surface area contributed by atoms with E-state index in [2.05, 4.69) is 40.1 Å². The van der Waals surface area contributed by atoms with Crippen LogP contribution in [0.2, 0.25) is 10.0 Å². The van der Waals surface area contributed by atoms with Crippen molar-refractivity contribution >= 4 is 28.9 Å². The molecule has 0 saturated carbocycles. The van der Waals surface area contributed by atoms with Crippen LogP contribution in [-0.2, 0) is 6.54 Å². The van der Waals surface area contributed by atoms with Gasteiger partial charge in [-0.25, -0.2) is 0 Å². The van der Waals surface area contributed by atoms with Crippen molar-refractivity contribution in [2.75, 3.05) is 31.1 Å². The summed E-state index contributed by atoms with van der Waals surface area (Å²) in [5, 5.41) is 1.24. The molecule has 0 unspecified atom stereocenters. The molecule has 3 rings (SSSR count). The zero-order chi connectivity index (χ0) is 14.7. The fourth-order valence-corrected chi connectivity index (χ4v) is 2.98. The van der Waals surface area contributed by atoms with E-state index in [9.17, 15) is 0 Å². The Morgan fingerprint density at radius 2 is 1.52 bits per heavy atom. The molecule has 0 amide bonds. The molecule has 1 fully saturated rings. The molecule has 0 atom stereocenters. The lowest BCUT2D eigenvalue weighted by atomic mass is 10.2. The van der Waals surface area contributed by atoms with E-state index >= 15 is 0 Å². The second kappa shape index (κ2) is 6.69. The number of rotatable bonds is 3. The Kier molecular flexibility index (Phi) is 4.69. The first kappa shape index (κ1) is 14.7. The van der Waals surface area contributed by atoms with Crippen LogP contribution in [0.1, 0.15) is 5.56 Å². The van der Waals surface area contributed by atoms with Gasteiger partial charge in [-0.1, -0.05) is 53.5 Å². The molecule has 21 heavy (non-hydrogen) atoms. The Hall–Kier alpha value is -1.22. The largest absolute Gasteiger partial charge is 0.369 e. The summed E-state index contributed by atoms with van der Waals surface area (Å²) < 4.78 is 0. The number of anilines is 1. The van der Waals surface area contributed by atoms with Crippen molar-refractivity contribution < 1.29 is 0 Å². The maximum Gasteiger partial charge on any atom is 0.0612 e. The van der Waals surface area contributed by atoms with Gasteiger partial charge in [0.1, 0.15) is 0 Å². The third-order valence-electron chi connectivity index (χ3n) is 3.89. The van der Waals surface area contributed by atoms with Gasteiger partial charge in [0.25, 0.3) is 0 Å². The second-order valence-electron chi connectivity index (χ2n) is 5.35. The van der Waals surface area contributed by atoms with Crippen LogP contribution in [0.25, 0.3) is 0 Å². The van der Waals surface area contributed by atoms with Crippen LogP contribution >= 0.6 is 23.2 Å². The fourth-order valence-electron chi connectivity index (χ4n) is 2.69. The predicted molar refractivity (Wildman–Crippen MR) is 90.4 cm³/mol. The van der Waals surface area contributed by atoms with Crippen LogP contribution in [0.3, 0.4) is 0 Å². The number of nitrogens with zero attached hydrogens (tertiary/aromatic N) is 2. The lowest BCUT2D eigenvalue weighted by molar-refractivity contribution is 0.250. The van der Waals surface area contributed by atoms with E-state index in [0.717, 1.165) is 38.4 Å². The van der Waals surface area contributed by atoms with Gasteiger partial charge < -0.3 is 4.90 Å². The molecule has 0 N–H and O–H groups in total. The van der Waals surface area contributed by atoms with Crippen molar-refractivity contribution in [2.45, 2.75) is 6.54 Å². The molecule has 0 aromatic heterocycles. The van der Waals surface area contributed by atoms with Crippen molar-refractivity contribution in [3.05, 3.63) is 64.1 Å². The van der Waals surface area contributed by atoms with E-state index in [1.165, 1.54) is 5.56 Å². The highest BCUT2D eigenvalue weighted by Gasteiger charge is 2.17. The van der Waals surface area contributed by atoms with E-state index in [1.807, 2.05) is 18.2 Å². The van der Waals surface area contributed by atoms with Crippen molar-refractivity contribution in [1.29, 1.82) is 0 Å². The van der Waals surface area contributed by atoms with Crippen LogP contribution in [0.5, 0.6) is 0 Å². The van der Waals surface area contributed by atoms with E-state index < -0.39 is 0 Å². The minimum atomic E-state index is 0.614. The molecule has 1 heterocycles. The normalized spacial score (nSPS) is 16.2. The molecule has 0 bridgehead atoms. The highest BCUT2D eigenvalue weighted by Crippen LogP contribution is 2.27. The monoisotopic (exact) mass is 320 g/mol. The van der Waals surface area contributed by atoms with Gasteiger partial charge in [0.05, 0.1) is 10.0 Å². The Morgan fingerprint density at radius 3 is 2.19 bits per heavy atom. The zero-order valence-electron chi connectivity index (χ0n) is 11.8. The molecule has 0 spiro atoms. The van der Waals surface area contributed by atoms with Crippen LogP contribution in [0, 0.1) is 0 Å². The molecule has 0 radical (unpaired) electrons. The smallest absolute Gasteiger partial charge is 0.0612 e. The van der Waals surface area contributed by atoms with Crippen LogP contribution in [0.15, 0.2) is 48.5 Å². The van der Waals surface area contributed by atoms with E-state index in [0.29, 0.717) is 10.0 Å². The van der Waals surface area contributed by atoms with Crippen LogP contribution < -0.4 is 4.90 Å². The Balaban J connectivity index is 1.58. The minimum absolute atomic E-state index is 0.614. The van der Waals surface area contributed by atoms with Gasteiger partial charge in [0, 0.05) is 38.4 Å². The van der Waals surface area contributed by atoms with Gasteiger partial charge >= 0.3 is 0 Å². The first-order valence-electron chi connectivity index (χ1n) is 7.18. The summed E-state index contributed by atoms with van der Waals surface area (Å²) in [6.07, 6.45) is 0. The lowest BCUT2D eigenvalue weighted by Gasteiger charge is -2.36. The zero-order valence-corrected chi connectivity index (χ0v) is 13.3. The molecular weight excluding hydrogens is 303 g/mol. The summed E-state index contributed by atoms with van der Waals surface area (Å²) in [6.45, 7) is 5.19. The molecule has 1 aliphatic rings. The van der Waals surface area contributed by atoms with Gasteiger partial charge in [-0.3, -0.25) is 4.90 Å². The van der Waals surface area contributed by atoms with Crippen molar-refractivity contribution in [1.82, 2.24) is 4.90 Å². The summed E-state index contributed by atoms with van der Waals surface area (Å²) in [7, 11) is 0. The number of hydrogen-bond acceptors (Lipinski definition) is 2. The number of hydrogen-bond donors (Lipinski definition) is 0. The lowest BCUT2D eigenvalue weighted by Crippen LogP contribution is -2.45. The van der Waals surface area contributed by atoms with E-state index in [-0.39, 0.29) is 0 Å². The molecule has 2 aromatic rings. The molecule has 2 aromatic carbocycles. The highest BCUT2D eigenvalue weighted by molar-refractivity contribution is 6.42. The van der Waals surface area contributed by atoms with Crippen molar-refractivity contribution in [3.63, 3.8) is 0 Å². The quantitative estimate of drug-likeness (QED) is 0.831. The molecular formula is C17H18Cl2N2. The number of benzene rings is 2. The highest BCUT2D eigenvalue weighted by atomic mass is 35.5. The number of piperazine rings is 1. The molecule has 4 heteroatoms. The average Bonchev–Trinajstić information content (AvgIpc) is 2.52. The SMILES string of the molecule is Clc1ccc(N2CCN(Cc3ccccc3)CC2)cc1Cl. The molecule has 1 aliphatic heterocycles. The van der Waals surface area contributed by atoms with Gasteiger partial charge in [0.2, 0.25) is 0 Å². The first-order chi connectivity index (χ1) is 10.2. The average molecular weight is 321 g/mol. The molecule has 0 aliphatic carbocycles. The van der Waals surface area contributed by atoms with E-state index in [1.54, 1.807) is 0 Å². The minimum Gasteiger partial charge on any atom is -0.369 e. The van der Waals surface area contributed by atoms with Crippen LogP contribution in [-0.4, -0.2) is 31.1 Å². The Labute approximate surface area is 135 Å². The van der Waals surface area contributed by atoms with Gasteiger partial charge in [0.15, 0.2) is 0 Å². The van der Waals surface area contributed by atoms with Crippen LogP contribution in [0.4, 0.5) is 5.69 Å². The summed E-state index contributed by atoms with van der Waals surface area (Å²) in [4.78, 5) is 4.85. The van der Waals surface area contributed by atoms with Crippen molar-refractivity contribution in [2.24, 2.45) is 0 Å². The van der Waals surface area contributed by atoms with E-state index in [4.69, 9.17) is 23.2 Å². The second-order valence-corrected chi connectivity index (χ2v) is 6.16. The summed E-state index contributed by atoms with van der Waals surface area (Å²) in [5.74, 6) is 0.